The van der Waals surface area contributed by atoms with E-state index in [0.29, 0.717) is 24.7 Å². The first-order chi connectivity index (χ1) is 8.20. The van der Waals surface area contributed by atoms with E-state index >= 15 is 0 Å². The highest BCUT2D eigenvalue weighted by Crippen LogP contribution is 2.37. The predicted octanol–water partition coefficient (Wildman–Crippen LogP) is -0.0523. The van der Waals surface area contributed by atoms with Gasteiger partial charge in [-0.1, -0.05) is 0 Å². The van der Waals surface area contributed by atoms with E-state index in [0.717, 1.165) is 18.7 Å². The molecule has 1 aromatic rings. The molecule has 1 aliphatic heterocycles. The number of carbonyl (C=O) groups excluding carboxylic acids is 1. The molecule has 3 rings (SSSR count). The molecule has 1 unspecified atom stereocenters. The van der Waals surface area contributed by atoms with Crippen LogP contribution in [-0.4, -0.2) is 28.5 Å². The highest BCUT2D eigenvalue weighted by Gasteiger charge is 2.27. The number of carbonyl (C=O) groups is 1. The summed E-state index contributed by atoms with van der Waals surface area (Å²) in [6.07, 6.45) is 2.62. The van der Waals surface area contributed by atoms with Crippen molar-refractivity contribution in [3.8, 4) is 0 Å². The van der Waals surface area contributed by atoms with Crippen LogP contribution in [0.15, 0.2) is 10.9 Å². The van der Waals surface area contributed by atoms with Crippen LogP contribution in [0.5, 0.6) is 0 Å². The highest BCUT2D eigenvalue weighted by molar-refractivity contribution is 5.79. The Bertz CT molecular complexity index is 506. The van der Waals surface area contributed by atoms with E-state index in [1.165, 1.54) is 6.07 Å². The van der Waals surface area contributed by atoms with Gasteiger partial charge in [0.15, 0.2) is 0 Å². The van der Waals surface area contributed by atoms with Gasteiger partial charge in [-0.3, -0.25) is 9.59 Å². The van der Waals surface area contributed by atoms with Crippen LogP contribution >= 0.6 is 0 Å². The fraction of sp³-hybridized carbons (Fsp3) is 0.545. The van der Waals surface area contributed by atoms with E-state index in [4.69, 9.17) is 0 Å². The molecule has 2 aliphatic rings. The molecule has 6 nitrogen and oxygen atoms in total. The van der Waals surface area contributed by atoms with Gasteiger partial charge in [-0.15, -0.1) is 0 Å². The Morgan fingerprint density at radius 2 is 2.18 bits per heavy atom. The molecular formula is C11H14N4O2. The van der Waals surface area contributed by atoms with Gasteiger partial charge < -0.3 is 15.6 Å². The zero-order valence-corrected chi connectivity index (χ0v) is 9.32. The van der Waals surface area contributed by atoms with Crippen LogP contribution in [0, 0.1) is 0 Å². The Hall–Kier alpha value is -1.85. The van der Waals surface area contributed by atoms with Crippen LogP contribution in [0.4, 0.5) is 5.82 Å². The van der Waals surface area contributed by atoms with Crippen molar-refractivity contribution < 1.29 is 4.79 Å². The maximum absolute atomic E-state index is 11.5. The van der Waals surface area contributed by atoms with Gasteiger partial charge in [0.2, 0.25) is 5.91 Å². The molecule has 3 N–H and O–H groups in total. The molecular weight excluding hydrogens is 220 g/mol. The van der Waals surface area contributed by atoms with Crippen molar-refractivity contribution >= 4 is 11.7 Å². The SMILES string of the molecule is O=C1CC(Nc2cc(=O)[nH]c(C3CC3)n2)CN1. The molecule has 90 valence electrons. The summed E-state index contributed by atoms with van der Waals surface area (Å²) in [5, 5.41) is 5.86. The lowest BCUT2D eigenvalue weighted by Crippen LogP contribution is -2.24. The number of nitrogens with one attached hydrogen (secondary N) is 3. The Morgan fingerprint density at radius 3 is 2.82 bits per heavy atom. The van der Waals surface area contributed by atoms with Gasteiger partial charge in [0, 0.05) is 24.9 Å². The zero-order valence-electron chi connectivity index (χ0n) is 9.32. The minimum atomic E-state index is -0.137. The number of aromatic amines is 1. The van der Waals surface area contributed by atoms with Crippen LogP contribution in [0.3, 0.4) is 0 Å². The molecule has 0 radical (unpaired) electrons. The monoisotopic (exact) mass is 234 g/mol. The zero-order chi connectivity index (χ0) is 11.8. The number of nitrogens with zero attached hydrogens (tertiary/aromatic N) is 1. The predicted molar refractivity (Wildman–Crippen MR) is 61.9 cm³/mol. The lowest BCUT2D eigenvalue weighted by molar-refractivity contribution is -0.119. The van der Waals surface area contributed by atoms with Crippen LogP contribution in [0.1, 0.15) is 31.0 Å². The molecule has 1 amide bonds. The second-order valence-electron chi connectivity index (χ2n) is 4.64. The van der Waals surface area contributed by atoms with Crippen molar-refractivity contribution in [2.24, 2.45) is 0 Å². The number of rotatable bonds is 3. The van der Waals surface area contributed by atoms with Crippen LogP contribution in [0.2, 0.25) is 0 Å². The van der Waals surface area contributed by atoms with E-state index in [-0.39, 0.29) is 17.5 Å². The van der Waals surface area contributed by atoms with Gasteiger partial charge in [0.25, 0.3) is 5.56 Å². The summed E-state index contributed by atoms with van der Waals surface area (Å²) in [4.78, 5) is 29.7. The van der Waals surface area contributed by atoms with E-state index in [1.807, 2.05) is 0 Å². The summed E-state index contributed by atoms with van der Waals surface area (Å²) in [6, 6.07) is 1.47. The summed E-state index contributed by atoms with van der Waals surface area (Å²) >= 11 is 0. The van der Waals surface area contributed by atoms with Crippen LogP contribution < -0.4 is 16.2 Å². The Balaban J connectivity index is 1.77. The summed E-state index contributed by atoms with van der Waals surface area (Å²) in [5.74, 6) is 1.77. The standard InChI is InChI=1S/C11H14N4O2/c16-9-3-7(5-12-9)13-8-4-10(17)15-11(14-8)6-1-2-6/h4,6-7H,1-3,5H2,(H,12,16)(H2,13,14,15,17). The molecule has 2 heterocycles. The van der Waals surface area contributed by atoms with Gasteiger partial charge in [-0.25, -0.2) is 4.98 Å². The summed E-state index contributed by atoms with van der Waals surface area (Å²) < 4.78 is 0. The minimum absolute atomic E-state index is 0.0313. The molecule has 0 spiro atoms. The van der Waals surface area contributed by atoms with Crippen molar-refractivity contribution in [1.29, 1.82) is 0 Å². The third-order valence-electron chi connectivity index (χ3n) is 3.05. The molecule has 17 heavy (non-hydrogen) atoms. The van der Waals surface area contributed by atoms with Gasteiger partial charge in [0.05, 0.1) is 6.04 Å². The van der Waals surface area contributed by atoms with Crippen molar-refractivity contribution in [3.63, 3.8) is 0 Å². The molecule has 1 aliphatic carbocycles. The second kappa shape index (κ2) is 3.87. The Labute approximate surface area is 97.8 Å². The normalized spacial score (nSPS) is 23.5. The Morgan fingerprint density at radius 1 is 1.35 bits per heavy atom. The number of hydrogen-bond donors (Lipinski definition) is 3. The van der Waals surface area contributed by atoms with E-state index in [2.05, 4.69) is 20.6 Å². The third-order valence-corrected chi connectivity index (χ3v) is 3.05. The average Bonchev–Trinajstić information content (AvgIpc) is 3.03. The lowest BCUT2D eigenvalue weighted by Gasteiger charge is -2.11. The first-order valence-corrected chi connectivity index (χ1v) is 5.85. The number of hydrogen-bond acceptors (Lipinski definition) is 4. The minimum Gasteiger partial charge on any atom is -0.365 e. The van der Waals surface area contributed by atoms with Crippen LogP contribution in [-0.2, 0) is 4.79 Å². The van der Waals surface area contributed by atoms with E-state index in [9.17, 15) is 9.59 Å². The number of amides is 1. The molecule has 0 aromatic carbocycles. The molecule has 1 atom stereocenters. The lowest BCUT2D eigenvalue weighted by atomic mass is 10.2. The number of anilines is 1. The fourth-order valence-corrected chi connectivity index (χ4v) is 2.02. The average molecular weight is 234 g/mol. The van der Waals surface area contributed by atoms with Gasteiger partial charge >= 0.3 is 0 Å². The molecule has 1 saturated heterocycles. The van der Waals surface area contributed by atoms with E-state index < -0.39 is 0 Å². The van der Waals surface area contributed by atoms with E-state index in [1.54, 1.807) is 0 Å². The largest absolute Gasteiger partial charge is 0.365 e. The fourth-order valence-electron chi connectivity index (χ4n) is 2.02. The van der Waals surface area contributed by atoms with Gasteiger partial charge in [0.1, 0.15) is 11.6 Å². The summed E-state index contributed by atoms with van der Waals surface area (Å²) in [6.45, 7) is 0.589. The molecule has 1 aromatic heterocycles. The van der Waals surface area contributed by atoms with Crippen molar-refractivity contribution in [2.75, 3.05) is 11.9 Å². The molecule has 2 fully saturated rings. The number of H-pyrrole nitrogens is 1. The quantitative estimate of drug-likeness (QED) is 0.684. The first kappa shape index (κ1) is 10.3. The summed E-state index contributed by atoms with van der Waals surface area (Å²) in [5.41, 5.74) is -0.137. The second-order valence-corrected chi connectivity index (χ2v) is 4.64. The third kappa shape index (κ3) is 2.30. The summed E-state index contributed by atoms with van der Waals surface area (Å²) in [7, 11) is 0. The maximum atomic E-state index is 11.5. The number of aromatic nitrogens is 2. The maximum Gasteiger partial charge on any atom is 0.252 e. The van der Waals surface area contributed by atoms with Gasteiger partial charge in [-0.2, -0.15) is 0 Å². The van der Waals surface area contributed by atoms with Crippen molar-refractivity contribution in [2.45, 2.75) is 31.2 Å². The molecule has 6 heteroatoms. The topological polar surface area (TPSA) is 86.9 Å². The Kier molecular flexibility index (Phi) is 2.35. The first-order valence-electron chi connectivity index (χ1n) is 5.85. The van der Waals surface area contributed by atoms with Crippen LogP contribution in [0.25, 0.3) is 0 Å². The molecule has 1 saturated carbocycles. The highest BCUT2D eigenvalue weighted by atomic mass is 16.2. The molecule has 0 bridgehead atoms. The smallest absolute Gasteiger partial charge is 0.252 e. The van der Waals surface area contributed by atoms with Crippen molar-refractivity contribution in [1.82, 2.24) is 15.3 Å². The van der Waals surface area contributed by atoms with Crippen molar-refractivity contribution in [3.05, 3.63) is 22.2 Å². The van der Waals surface area contributed by atoms with Gasteiger partial charge in [-0.05, 0) is 12.8 Å².